The van der Waals surface area contributed by atoms with Gasteiger partial charge in [-0.1, -0.05) is 47.5 Å². The van der Waals surface area contributed by atoms with E-state index in [1.165, 1.54) is 30.0 Å². The Balaban J connectivity index is 1.45. The number of hydrogen-bond donors (Lipinski definition) is 2. The summed E-state index contributed by atoms with van der Waals surface area (Å²) in [5.41, 5.74) is 2.77. The molecule has 2 aromatic carbocycles. The normalized spacial score (nSPS) is 21.2. The van der Waals surface area contributed by atoms with Crippen LogP contribution in [0.5, 0.6) is 0 Å². The molecule has 1 heterocycles. The molecule has 2 aromatic rings. The summed E-state index contributed by atoms with van der Waals surface area (Å²) in [5.74, 6) is -0.950. The zero-order valence-corrected chi connectivity index (χ0v) is 19.5. The molecular formula is C24H25Cl2N3O3. The van der Waals surface area contributed by atoms with Gasteiger partial charge < -0.3 is 10.6 Å². The van der Waals surface area contributed by atoms with Crippen LogP contribution in [0, 0.1) is 0 Å². The predicted molar refractivity (Wildman–Crippen MR) is 124 cm³/mol. The van der Waals surface area contributed by atoms with Gasteiger partial charge in [0.2, 0.25) is 5.91 Å². The minimum Gasteiger partial charge on any atom is -0.348 e. The van der Waals surface area contributed by atoms with Gasteiger partial charge in [0.1, 0.15) is 12.1 Å². The molecule has 168 valence electrons. The lowest BCUT2D eigenvalue weighted by Crippen LogP contribution is -2.43. The van der Waals surface area contributed by atoms with E-state index in [0.717, 1.165) is 23.3 Å². The number of fused-ring (bicyclic) bond motifs is 1. The fraction of sp³-hybridized carbons (Fsp3) is 0.375. The third-order valence-corrected chi connectivity index (χ3v) is 6.84. The topological polar surface area (TPSA) is 78.5 Å². The van der Waals surface area contributed by atoms with Crippen LogP contribution in [-0.4, -0.2) is 29.3 Å². The molecule has 0 spiro atoms. The van der Waals surface area contributed by atoms with Gasteiger partial charge in [0, 0.05) is 15.6 Å². The van der Waals surface area contributed by atoms with Crippen molar-refractivity contribution >= 4 is 41.0 Å². The number of nitrogens with zero attached hydrogens (tertiary/aromatic N) is 1. The van der Waals surface area contributed by atoms with Crippen LogP contribution in [0.2, 0.25) is 10.0 Å². The molecule has 8 heteroatoms. The molecule has 1 aliphatic carbocycles. The van der Waals surface area contributed by atoms with Crippen LogP contribution in [0.1, 0.15) is 55.0 Å². The van der Waals surface area contributed by atoms with Crippen LogP contribution < -0.4 is 10.6 Å². The van der Waals surface area contributed by atoms with Crippen molar-refractivity contribution in [2.75, 3.05) is 6.54 Å². The number of urea groups is 1. The molecule has 1 saturated heterocycles. The number of imide groups is 1. The summed E-state index contributed by atoms with van der Waals surface area (Å²) in [6.45, 7) is 3.09. The van der Waals surface area contributed by atoms with E-state index in [2.05, 4.69) is 22.8 Å². The van der Waals surface area contributed by atoms with Crippen molar-refractivity contribution in [3.63, 3.8) is 0 Å². The Morgan fingerprint density at radius 1 is 1.12 bits per heavy atom. The third kappa shape index (κ3) is 4.21. The molecule has 2 N–H and O–H groups in total. The molecule has 1 aliphatic heterocycles. The molecule has 6 nitrogen and oxygen atoms in total. The number of aryl methyl sites for hydroxylation is 2. The van der Waals surface area contributed by atoms with E-state index in [9.17, 15) is 14.4 Å². The first-order valence-corrected chi connectivity index (χ1v) is 11.5. The highest BCUT2D eigenvalue weighted by molar-refractivity contribution is 6.35. The smallest absolute Gasteiger partial charge is 0.325 e. The molecular weight excluding hydrogens is 449 g/mol. The van der Waals surface area contributed by atoms with E-state index in [-0.39, 0.29) is 17.6 Å². The minimum atomic E-state index is -1.37. The second kappa shape index (κ2) is 8.75. The van der Waals surface area contributed by atoms with E-state index in [4.69, 9.17) is 23.2 Å². The molecule has 32 heavy (non-hydrogen) atoms. The number of rotatable bonds is 5. The van der Waals surface area contributed by atoms with Gasteiger partial charge in [-0.2, -0.15) is 0 Å². The number of benzene rings is 2. The van der Waals surface area contributed by atoms with Crippen LogP contribution in [0.15, 0.2) is 36.4 Å². The lowest BCUT2D eigenvalue weighted by molar-refractivity contribution is -0.135. The van der Waals surface area contributed by atoms with Crippen molar-refractivity contribution in [1.29, 1.82) is 0 Å². The highest BCUT2D eigenvalue weighted by atomic mass is 35.5. The predicted octanol–water partition coefficient (Wildman–Crippen LogP) is 4.52. The number of amides is 4. The monoisotopic (exact) mass is 473 g/mol. The molecule has 2 unspecified atom stereocenters. The molecule has 0 aromatic heterocycles. The Bertz CT molecular complexity index is 1100. The number of carbonyl (C=O) groups excluding carboxylic acids is 3. The number of hydrogen-bond acceptors (Lipinski definition) is 3. The maximum Gasteiger partial charge on any atom is 0.325 e. The molecule has 2 aliphatic rings. The summed E-state index contributed by atoms with van der Waals surface area (Å²) in [5, 5.41) is 6.25. The van der Waals surface area contributed by atoms with Crippen LogP contribution >= 0.6 is 23.2 Å². The van der Waals surface area contributed by atoms with Gasteiger partial charge in [-0.3, -0.25) is 14.5 Å². The molecule has 4 rings (SSSR count). The summed E-state index contributed by atoms with van der Waals surface area (Å²) in [6.07, 6.45) is 4.54. The Kier molecular flexibility index (Phi) is 6.19. The van der Waals surface area contributed by atoms with Gasteiger partial charge in [-0.25, -0.2) is 4.79 Å². The molecule has 0 saturated carbocycles. The Hall–Kier alpha value is -2.57. The van der Waals surface area contributed by atoms with Crippen molar-refractivity contribution < 1.29 is 14.4 Å². The van der Waals surface area contributed by atoms with Crippen molar-refractivity contribution in [2.45, 2.75) is 51.1 Å². The van der Waals surface area contributed by atoms with Crippen LogP contribution in [0.4, 0.5) is 4.79 Å². The van der Waals surface area contributed by atoms with Gasteiger partial charge in [0.25, 0.3) is 5.91 Å². The number of halogens is 2. The quantitative estimate of drug-likeness (QED) is 0.626. The maximum atomic E-state index is 13.1. The van der Waals surface area contributed by atoms with Gasteiger partial charge in [-0.15, -0.1) is 0 Å². The van der Waals surface area contributed by atoms with Crippen molar-refractivity contribution in [1.82, 2.24) is 15.5 Å². The number of carbonyl (C=O) groups is 3. The first kappa shape index (κ1) is 22.6. The van der Waals surface area contributed by atoms with Crippen LogP contribution in [-0.2, 0) is 28.0 Å². The van der Waals surface area contributed by atoms with Crippen molar-refractivity contribution in [3.05, 3.63) is 68.7 Å². The summed E-state index contributed by atoms with van der Waals surface area (Å²) in [6, 6.07) is 10.1. The zero-order valence-electron chi connectivity index (χ0n) is 18.0. The molecule has 0 radical (unpaired) electrons. The van der Waals surface area contributed by atoms with E-state index >= 15 is 0 Å². The zero-order chi connectivity index (χ0) is 23.0. The lowest BCUT2D eigenvalue weighted by atomic mass is 9.89. The Labute approximate surface area is 197 Å². The van der Waals surface area contributed by atoms with Gasteiger partial charge in [0.15, 0.2) is 0 Å². The molecule has 2 atom stereocenters. The molecule has 0 bridgehead atoms. The maximum absolute atomic E-state index is 13.1. The second-order valence-electron chi connectivity index (χ2n) is 8.60. The summed E-state index contributed by atoms with van der Waals surface area (Å²) in [7, 11) is 0. The van der Waals surface area contributed by atoms with Crippen molar-refractivity contribution in [3.8, 4) is 0 Å². The average molecular weight is 474 g/mol. The first-order chi connectivity index (χ1) is 15.2. The standard InChI is InChI=1S/C24H25Cl2N3O3/c1-14(16-8-7-15-5-3-4-6-17(15)11-16)27-21(30)13-29-22(31)24(2,28-23(29)32)19-10-9-18(25)12-20(19)26/h7-12,14H,3-6,13H2,1-2H3,(H,27,30)(H,28,32). The highest BCUT2D eigenvalue weighted by Crippen LogP contribution is 2.35. The van der Waals surface area contributed by atoms with Crippen molar-refractivity contribution in [2.24, 2.45) is 0 Å². The van der Waals surface area contributed by atoms with Gasteiger partial charge >= 0.3 is 6.03 Å². The fourth-order valence-corrected chi connectivity index (χ4v) is 5.05. The second-order valence-corrected chi connectivity index (χ2v) is 9.44. The molecule has 1 fully saturated rings. The SMILES string of the molecule is CC(NC(=O)CN1C(=O)NC(C)(c2ccc(Cl)cc2Cl)C1=O)c1ccc2c(c1)CCCC2. The molecule has 4 amide bonds. The van der Waals surface area contributed by atoms with E-state index in [1.54, 1.807) is 19.1 Å². The van der Waals surface area contributed by atoms with Gasteiger partial charge in [0.05, 0.1) is 6.04 Å². The summed E-state index contributed by atoms with van der Waals surface area (Å²) < 4.78 is 0. The van der Waals surface area contributed by atoms with E-state index in [1.807, 2.05) is 13.0 Å². The first-order valence-electron chi connectivity index (χ1n) is 10.7. The number of nitrogens with one attached hydrogen (secondary N) is 2. The van der Waals surface area contributed by atoms with E-state index in [0.29, 0.717) is 10.6 Å². The minimum absolute atomic E-state index is 0.243. The summed E-state index contributed by atoms with van der Waals surface area (Å²) >= 11 is 12.2. The van der Waals surface area contributed by atoms with Crippen LogP contribution in [0.25, 0.3) is 0 Å². The van der Waals surface area contributed by atoms with E-state index < -0.39 is 23.4 Å². The van der Waals surface area contributed by atoms with Gasteiger partial charge in [-0.05, 0) is 68.4 Å². The Morgan fingerprint density at radius 2 is 1.84 bits per heavy atom. The highest BCUT2D eigenvalue weighted by Gasteiger charge is 2.50. The average Bonchev–Trinajstić information content (AvgIpc) is 2.96. The Morgan fingerprint density at radius 3 is 2.56 bits per heavy atom. The fourth-order valence-electron chi connectivity index (χ4n) is 4.45. The van der Waals surface area contributed by atoms with Crippen LogP contribution in [0.3, 0.4) is 0 Å². The summed E-state index contributed by atoms with van der Waals surface area (Å²) in [4.78, 5) is 39.3. The largest absolute Gasteiger partial charge is 0.348 e. The third-order valence-electron chi connectivity index (χ3n) is 6.30. The lowest BCUT2D eigenvalue weighted by Gasteiger charge is -2.24.